The summed E-state index contributed by atoms with van der Waals surface area (Å²) in [4.78, 5) is 10.9. The SMILES string of the molecule is CCCCN1C=CN(C(F)(F)F)C1.O=C(O)C(F)(F)F. The van der Waals surface area contributed by atoms with Crippen molar-refractivity contribution < 1.29 is 36.2 Å². The van der Waals surface area contributed by atoms with Crippen molar-refractivity contribution in [3.63, 3.8) is 0 Å². The van der Waals surface area contributed by atoms with Crippen LogP contribution in [0, 0.1) is 0 Å². The number of aliphatic carboxylic acids is 1. The van der Waals surface area contributed by atoms with Crippen molar-refractivity contribution >= 4 is 5.97 Å². The van der Waals surface area contributed by atoms with Crippen LogP contribution in [0.3, 0.4) is 0 Å². The maximum atomic E-state index is 12.1. The minimum absolute atomic E-state index is 0.0660. The summed E-state index contributed by atoms with van der Waals surface area (Å²) >= 11 is 0. The molecular weight excluding hydrogens is 294 g/mol. The standard InChI is InChI=1S/C8H13F3N2.C2HF3O2/c1-2-3-4-12-5-6-13(7-12)8(9,10)11;3-2(4,5)1(6)7/h5-6H,2-4,7H2,1H3;(H,6,7). The third-order valence-corrected chi connectivity index (χ3v) is 2.16. The first-order valence-electron chi connectivity index (χ1n) is 5.54. The van der Waals surface area contributed by atoms with Gasteiger partial charge in [-0.15, -0.1) is 0 Å². The first-order chi connectivity index (χ1) is 8.98. The number of carbonyl (C=O) groups is 1. The molecular formula is C10H14F6N2O2. The summed E-state index contributed by atoms with van der Waals surface area (Å²) in [7, 11) is 0. The van der Waals surface area contributed by atoms with Gasteiger partial charge in [0.1, 0.15) is 0 Å². The van der Waals surface area contributed by atoms with Gasteiger partial charge in [0.15, 0.2) is 0 Å². The van der Waals surface area contributed by atoms with Crippen LogP contribution in [0.2, 0.25) is 0 Å². The van der Waals surface area contributed by atoms with Gasteiger partial charge in [0, 0.05) is 18.9 Å². The van der Waals surface area contributed by atoms with Crippen molar-refractivity contribution in [3.05, 3.63) is 12.4 Å². The van der Waals surface area contributed by atoms with Crippen LogP contribution >= 0.6 is 0 Å². The van der Waals surface area contributed by atoms with E-state index < -0.39 is 18.4 Å². The Morgan fingerprint density at radius 3 is 2.00 bits per heavy atom. The van der Waals surface area contributed by atoms with Gasteiger partial charge in [-0.25, -0.2) is 4.79 Å². The minimum Gasteiger partial charge on any atom is -0.475 e. The minimum atomic E-state index is -5.08. The lowest BCUT2D eigenvalue weighted by Crippen LogP contribution is -2.36. The molecule has 10 heteroatoms. The van der Waals surface area contributed by atoms with Gasteiger partial charge in [0.25, 0.3) is 0 Å². The molecule has 0 bridgehead atoms. The molecule has 0 aromatic heterocycles. The van der Waals surface area contributed by atoms with E-state index in [2.05, 4.69) is 0 Å². The van der Waals surface area contributed by atoms with Gasteiger partial charge in [-0.3, -0.25) is 4.90 Å². The summed E-state index contributed by atoms with van der Waals surface area (Å²) in [5.74, 6) is -2.76. The molecule has 0 spiro atoms. The number of alkyl halides is 6. The average Bonchev–Trinajstić information content (AvgIpc) is 2.74. The van der Waals surface area contributed by atoms with Crippen LogP contribution in [0.5, 0.6) is 0 Å². The third kappa shape index (κ3) is 7.10. The second-order valence-corrected chi connectivity index (χ2v) is 3.85. The first-order valence-corrected chi connectivity index (χ1v) is 5.54. The van der Waals surface area contributed by atoms with Crippen LogP contribution in [-0.4, -0.2) is 46.6 Å². The Morgan fingerprint density at radius 2 is 1.70 bits per heavy atom. The van der Waals surface area contributed by atoms with E-state index in [-0.39, 0.29) is 6.67 Å². The lowest BCUT2D eigenvalue weighted by Gasteiger charge is -2.22. The van der Waals surface area contributed by atoms with Gasteiger partial charge in [0.05, 0.1) is 6.67 Å². The van der Waals surface area contributed by atoms with Crippen LogP contribution in [0.15, 0.2) is 12.4 Å². The largest absolute Gasteiger partial charge is 0.490 e. The number of hydrogen-bond donors (Lipinski definition) is 1. The zero-order valence-electron chi connectivity index (χ0n) is 10.5. The molecule has 1 heterocycles. The van der Waals surface area contributed by atoms with Gasteiger partial charge < -0.3 is 10.0 Å². The topological polar surface area (TPSA) is 43.8 Å². The zero-order chi connectivity index (χ0) is 16.0. The Kier molecular flexibility index (Phi) is 6.66. The van der Waals surface area contributed by atoms with E-state index >= 15 is 0 Å². The Balaban J connectivity index is 0.000000441. The molecule has 0 aliphatic carbocycles. The Labute approximate surface area is 111 Å². The highest BCUT2D eigenvalue weighted by atomic mass is 19.4. The molecule has 0 atom stereocenters. The molecule has 0 fully saturated rings. The molecule has 0 aromatic carbocycles. The van der Waals surface area contributed by atoms with Gasteiger partial charge in [-0.2, -0.15) is 26.3 Å². The lowest BCUT2D eigenvalue weighted by molar-refractivity contribution is -0.230. The van der Waals surface area contributed by atoms with Gasteiger partial charge in [0.2, 0.25) is 0 Å². The molecule has 0 unspecified atom stereocenters. The first kappa shape index (κ1) is 18.4. The van der Waals surface area contributed by atoms with Crippen molar-refractivity contribution in [2.75, 3.05) is 13.2 Å². The van der Waals surface area contributed by atoms with Crippen molar-refractivity contribution in [1.29, 1.82) is 0 Å². The molecule has 1 rings (SSSR count). The van der Waals surface area contributed by atoms with Crippen LogP contribution in [-0.2, 0) is 4.79 Å². The fourth-order valence-electron chi connectivity index (χ4n) is 1.14. The normalized spacial score (nSPS) is 15.2. The highest BCUT2D eigenvalue weighted by Crippen LogP contribution is 2.24. The predicted octanol–water partition coefficient (Wildman–Crippen LogP) is 2.99. The van der Waals surface area contributed by atoms with Crippen molar-refractivity contribution in [1.82, 2.24) is 9.80 Å². The fourth-order valence-corrected chi connectivity index (χ4v) is 1.14. The molecule has 1 aliphatic heterocycles. The van der Waals surface area contributed by atoms with Crippen LogP contribution in [0.25, 0.3) is 0 Å². The summed E-state index contributed by atoms with van der Waals surface area (Å²) in [6.45, 7) is 2.64. The fraction of sp³-hybridized carbons (Fsp3) is 0.700. The summed E-state index contributed by atoms with van der Waals surface area (Å²) in [6.07, 6.45) is -4.83. The molecule has 0 amide bonds. The molecule has 0 saturated carbocycles. The predicted molar refractivity (Wildman–Crippen MR) is 57.2 cm³/mol. The lowest BCUT2D eigenvalue weighted by atomic mass is 10.3. The number of nitrogens with zero attached hydrogens (tertiary/aromatic N) is 2. The Hall–Kier alpha value is -1.61. The van der Waals surface area contributed by atoms with E-state index in [1.165, 1.54) is 6.20 Å². The summed E-state index contributed by atoms with van der Waals surface area (Å²) in [5, 5.41) is 7.12. The maximum Gasteiger partial charge on any atom is 0.490 e. The molecule has 118 valence electrons. The maximum absolute atomic E-state index is 12.1. The van der Waals surface area contributed by atoms with Gasteiger partial charge in [-0.05, 0) is 6.42 Å². The van der Waals surface area contributed by atoms with Gasteiger partial charge in [-0.1, -0.05) is 13.3 Å². The molecule has 1 N–H and O–H groups in total. The monoisotopic (exact) mass is 308 g/mol. The van der Waals surface area contributed by atoms with E-state index in [0.717, 1.165) is 19.0 Å². The number of hydrogen-bond acceptors (Lipinski definition) is 3. The molecule has 0 radical (unpaired) electrons. The van der Waals surface area contributed by atoms with E-state index in [1.54, 1.807) is 4.90 Å². The Bertz CT molecular complexity index is 340. The molecule has 0 aromatic rings. The number of halogens is 6. The second kappa shape index (κ2) is 7.25. The highest BCUT2D eigenvalue weighted by molar-refractivity contribution is 5.73. The van der Waals surface area contributed by atoms with E-state index in [4.69, 9.17) is 9.90 Å². The van der Waals surface area contributed by atoms with Crippen molar-refractivity contribution in [2.24, 2.45) is 0 Å². The van der Waals surface area contributed by atoms with Crippen LogP contribution < -0.4 is 0 Å². The summed E-state index contributed by atoms with van der Waals surface area (Å²) < 4.78 is 68.0. The zero-order valence-corrected chi connectivity index (χ0v) is 10.5. The van der Waals surface area contributed by atoms with Gasteiger partial charge >= 0.3 is 18.4 Å². The molecule has 1 aliphatic rings. The second-order valence-electron chi connectivity index (χ2n) is 3.85. The number of carboxylic acids is 1. The van der Waals surface area contributed by atoms with E-state index in [0.29, 0.717) is 11.4 Å². The molecule has 4 nitrogen and oxygen atoms in total. The van der Waals surface area contributed by atoms with Crippen molar-refractivity contribution in [3.8, 4) is 0 Å². The van der Waals surface area contributed by atoms with E-state index in [9.17, 15) is 26.3 Å². The van der Waals surface area contributed by atoms with E-state index in [1.807, 2.05) is 6.92 Å². The summed E-state index contributed by atoms with van der Waals surface area (Å²) in [6, 6.07) is 0. The molecule has 20 heavy (non-hydrogen) atoms. The number of carboxylic acid groups (broad SMARTS) is 1. The van der Waals surface area contributed by atoms with Crippen LogP contribution in [0.1, 0.15) is 19.8 Å². The van der Waals surface area contributed by atoms with Crippen molar-refractivity contribution in [2.45, 2.75) is 32.2 Å². The summed E-state index contributed by atoms with van der Waals surface area (Å²) in [5.41, 5.74) is 0. The number of unbranched alkanes of at least 4 members (excludes halogenated alkanes) is 1. The average molecular weight is 308 g/mol. The third-order valence-electron chi connectivity index (χ3n) is 2.16. The smallest absolute Gasteiger partial charge is 0.475 e. The Morgan fingerprint density at radius 1 is 1.20 bits per heavy atom. The molecule has 0 saturated heterocycles. The number of rotatable bonds is 3. The highest BCUT2D eigenvalue weighted by Gasteiger charge is 2.38. The van der Waals surface area contributed by atoms with Crippen LogP contribution in [0.4, 0.5) is 26.3 Å². The quantitative estimate of drug-likeness (QED) is 0.643.